The Balaban J connectivity index is 2.48. The average Bonchev–Trinajstić information content (AvgIpc) is 2.32. The van der Waals surface area contributed by atoms with E-state index in [2.05, 4.69) is 5.14 Å². The van der Waals surface area contributed by atoms with Crippen molar-refractivity contribution < 1.29 is 13.2 Å². The minimum Gasteiger partial charge on any atom is -0.274 e. The summed E-state index contributed by atoms with van der Waals surface area (Å²) in [6, 6.07) is 0. The molecule has 0 spiro atoms. The molecule has 0 heterocycles. The van der Waals surface area contributed by atoms with Crippen molar-refractivity contribution in [3.8, 4) is 0 Å². The first-order chi connectivity index (χ1) is 5.49. The second-order valence-corrected chi connectivity index (χ2v) is 4.29. The van der Waals surface area contributed by atoms with Crippen molar-refractivity contribution in [1.82, 2.24) is 4.72 Å². The molecule has 0 aromatic rings. The highest BCUT2D eigenvalue weighted by molar-refractivity contribution is 7.87. The molecule has 1 aliphatic rings. The monoisotopic (exact) mass is 192 g/mol. The normalized spacial score (nSPS) is 19.4. The number of nitrogens with two attached hydrogens (primary N) is 1. The van der Waals surface area contributed by atoms with Crippen LogP contribution in [0.5, 0.6) is 0 Å². The lowest BCUT2D eigenvalue weighted by atomic mass is 10.1. The summed E-state index contributed by atoms with van der Waals surface area (Å²) in [5, 5.41) is 4.64. The molecule has 0 saturated heterocycles. The summed E-state index contributed by atoms with van der Waals surface area (Å²) in [7, 11) is -3.86. The number of carbonyl (C=O) groups excluding carboxylic acids is 1. The predicted octanol–water partition coefficient (Wildman–Crippen LogP) is -0.504. The van der Waals surface area contributed by atoms with Crippen LogP contribution in [0.3, 0.4) is 0 Å². The number of hydrogen-bond acceptors (Lipinski definition) is 3. The van der Waals surface area contributed by atoms with E-state index >= 15 is 0 Å². The Morgan fingerprint density at radius 2 is 1.83 bits per heavy atom. The summed E-state index contributed by atoms with van der Waals surface area (Å²) in [5.41, 5.74) is 0. The van der Waals surface area contributed by atoms with Crippen LogP contribution >= 0.6 is 0 Å². The fraction of sp³-hybridized carbons (Fsp3) is 0.833. The maximum atomic E-state index is 11.1. The van der Waals surface area contributed by atoms with Crippen molar-refractivity contribution in [2.45, 2.75) is 25.7 Å². The van der Waals surface area contributed by atoms with Crippen LogP contribution in [0, 0.1) is 5.92 Å². The van der Waals surface area contributed by atoms with Crippen molar-refractivity contribution in [2.75, 3.05) is 0 Å². The molecule has 0 aliphatic heterocycles. The van der Waals surface area contributed by atoms with Gasteiger partial charge in [0, 0.05) is 5.92 Å². The molecule has 0 bridgehead atoms. The van der Waals surface area contributed by atoms with Gasteiger partial charge in [-0.15, -0.1) is 0 Å². The molecule has 0 radical (unpaired) electrons. The van der Waals surface area contributed by atoms with Crippen LogP contribution in [0.1, 0.15) is 25.7 Å². The molecule has 1 rings (SSSR count). The van der Waals surface area contributed by atoms with Gasteiger partial charge in [-0.25, -0.2) is 9.86 Å². The smallest absolute Gasteiger partial charge is 0.274 e. The fourth-order valence-electron chi connectivity index (χ4n) is 1.41. The third-order valence-electron chi connectivity index (χ3n) is 1.97. The van der Waals surface area contributed by atoms with Gasteiger partial charge in [0.25, 0.3) is 10.2 Å². The molecule has 1 saturated carbocycles. The Morgan fingerprint density at radius 1 is 1.33 bits per heavy atom. The van der Waals surface area contributed by atoms with E-state index in [1.165, 1.54) is 0 Å². The van der Waals surface area contributed by atoms with Gasteiger partial charge in [0.1, 0.15) is 0 Å². The maximum Gasteiger partial charge on any atom is 0.298 e. The molecule has 70 valence electrons. The van der Waals surface area contributed by atoms with Crippen molar-refractivity contribution in [1.29, 1.82) is 0 Å². The minimum atomic E-state index is -3.86. The lowest BCUT2D eigenvalue weighted by Gasteiger charge is -2.07. The Bertz CT molecular complexity index is 267. The standard InChI is InChI=1S/C6H12N2O3S/c7-12(10,11)8-6(9)5-3-1-2-4-5/h5H,1-4H2,(H,8,9)(H2,7,10,11). The molecular formula is C6H12N2O3S. The average molecular weight is 192 g/mol. The molecule has 1 amide bonds. The van der Waals surface area contributed by atoms with Crippen molar-refractivity contribution in [3.05, 3.63) is 0 Å². The van der Waals surface area contributed by atoms with E-state index in [0.717, 1.165) is 25.7 Å². The molecule has 12 heavy (non-hydrogen) atoms. The van der Waals surface area contributed by atoms with E-state index in [4.69, 9.17) is 0 Å². The topological polar surface area (TPSA) is 89.3 Å². The number of amides is 1. The van der Waals surface area contributed by atoms with E-state index in [-0.39, 0.29) is 5.92 Å². The van der Waals surface area contributed by atoms with Crippen LogP contribution in [0.15, 0.2) is 0 Å². The van der Waals surface area contributed by atoms with E-state index in [1.807, 2.05) is 0 Å². The van der Waals surface area contributed by atoms with E-state index in [9.17, 15) is 13.2 Å². The van der Waals surface area contributed by atoms with Gasteiger partial charge in [-0.3, -0.25) is 4.79 Å². The molecule has 0 unspecified atom stereocenters. The highest BCUT2D eigenvalue weighted by atomic mass is 32.2. The lowest BCUT2D eigenvalue weighted by Crippen LogP contribution is -2.39. The zero-order valence-electron chi connectivity index (χ0n) is 6.62. The zero-order valence-corrected chi connectivity index (χ0v) is 7.43. The Kier molecular flexibility index (Phi) is 2.69. The number of nitrogens with one attached hydrogen (secondary N) is 1. The Labute approximate surface area is 71.5 Å². The van der Waals surface area contributed by atoms with E-state index in [1.54, 1.807) is 4.72 Å². The number of hydrogen-bond donors (Lipinski definition) is 2. The van der Waals surface area contributed by atoms with Gasteiger partial charge in [0.15, 0.2) is 0 Å². The zero-order chi connectivity index (χ0) is 9.19. The van der Waals surface area contributed by atoms with Gasteiger partial charge >= 0.3 is 0 Å². The summed E-state index contributed by atoms with van der Waals surface area (Å²) < 4.78 is 22.7. The van der Waals surface area contributed by atoms with Gasteiger partial charge in [-0.05, 0) is 12.8 Å². The highest BCUT2D eigenvalue weighted by Crippen LogP contribution is 2.24. The van der Waals surface area contributed by atoms with Crippen LogP contribution < -0.4 is 9.86 Å². The van der Waals surface area contributed by atoms with Crippen molar-refractivity contribution in [3.63, 3.8) is 0 Å². The second kappa shape index (κ2) is 3.40. The van der Waals surface area contributed by atoms with Crippen molar-refractivity contribution >= 4 is 16.1 Å². The summed E-state index contributed by atoms with van der Waals surface area (Å²) in [5.74, 6) is -0.627. The molecular weight excluding hydrogens is 180 g/mol. The summed E-state index contributed by atoms with van der Waals surface area (Å²) in [4.78, 5) is 11.1. The van der Waals surface area contributed by atoms with Crippen molar-refractivity contribution in [2.24, 2.45) is 11.1 Å². The van der Waals surface area contributed by atoms with Gasteiger partial charge in [0.2, 0.25) is 5.91 Å². The lowest BCUT2D eigenvalue weighted by molar-refractivity contribution is -0.122. The molecule has 1 aliphatic carbocycles. The fourth-order valence-corrected chi connectivity index (χ4v) is 1.86. The van der Waals surface area contributed by atoms with Crippen LogP contribution in [0.2, 0.25) is 0 Å². The van der Waals surface area contributed by atoms with E-state index in [0.29, 0.717) is 0 Å². The van der Waals surface area contributed by atoms with Gasteiger partial charge < -0.3 is 0 Å². The third kappa shape index (κ3) is 2.78. The third-order valence-corrected chi connectivity index (χ3v) is 2.45. The molecule has 0 atom stereocenters. The summed E-state index contributed by atoms with van der Waals surface area (Å²) in [6.07, 6.45) is 3.51. The van der Waals surface area contributed by atoms with Crippen LogP contribution in [0.25, 0.3) is 0 Å². The van der Waals surface area contributed by atoms with Crippen LogP contribution in [-0.2, 0) is 15.0 Å². The molecule has 6 heteroatoms. The molecule has 3 N–H and O–H groups in total. The Morgan fingerprint density at radius 3 is 2.25 bits per heavy atom. The van der Waals surface area contributed by atoms with Crippen LogP contribution in [0.4, 0.5) is 0 Å². The predicted molar refractivity (Wildman–Crippen MR) is 43.2 cm³/mol. The van der Waals surface area contributed by atoms with Gasteiger partial charge in [-0.2, -0.15) is 8.42 Å². The number of carbonyl (C=O) groups is 1. The first-order valence-electron chi connectivity index (χ1n) is 3.83. The summed E-state index contributed by atoms with van der Waals surface area (Å²) in [6.45, 7) is 0. The van der Waals surface area contributed by atoms with E-state index < -0.39 is 16.1 Å². The first-order valence-corrected chi connectivity index (χ1v) is 5.38. The molecule has 0 aromatic carbocycles. The first kappa shape index (κ1) is 9.47. The van der Waals surface area contributed by atoms with Gasteiger partial charge in [0.05, 0.1) is 0 Å². The SMILES string of the molecule is NS(=O)(=O)NC(=O)C1CCCC1. The highest BCUT2D eigenvalue weighted by Gasteiger charge is 2.24. The molecule has 5 nitrogen and oxygen atoms in total. The molecule has 1 fully saturated rings. The second-order valence-electron chi connectivity index (χ2n) is 2.99. The van der Waals surface area contributed by atoms with Crippen LogP contribution in [-0.4, -0.2) is 14.3 Å². The Hall–Kier alpha value is -0.620. The quantitative estimate of drug-likeness (QED) is 0.618. The summed E-state index contributed by atoms with van der Waals surface area (Å²) >= 11 is 0. The number of rotatable bonds is 2. The minimum absolute atomic E-state index is 0.164. The van der Waals surface area contributed by atoms with Gasteiger partial charge in [-0.1, -0.05) is 12.8 Å². The molecule has 0 aromatic heterocycles. The largest absolute Gasteiger partial charge is 0.298 e. The maximum absolute atomic E-state index is 11.1.